The number of hydrogen-bond acceptors (Lipinski definition) is 1. The van der Waals surface area contributed by atoms with E-state index in [0.29, 0.717) is 6.42 Å². The molecule has 2 aliphatic rings. The van der Waals surface area contributed by atoms with E-state index >= 15 is 0 Å². The largest absolute Gasteiger partial charge is 0.370 e. The van der Waals surface area contributed by atoms with E-state index in [0.717, 1.165) is 19.3 Å². The highest BCUT2D eigenvalue weighted by molar-refractivity contribution is 5.74. The van der Waals surface area contributed by atoms with Gasteiger partial charge in [0, 0.05) is 11.8 Å². The maximum atomic E-state index is 11.0. The van der Waals surface area contributed by atoms with Gasteiger partial charge >= 0.3 is 0 Å². The van der Waals surface area contributed by atoms with Crippen molar-refractivity contribution in [1.82, 2.24) is 0 Å². The lowest BCUT2D eigenvalue weighted by atomic mass is 9.71. The van der Waals surface area contributed by atoms with Crippen molar-refractivity contribution in [3.05, 3.63) is 47.6 Å². The number of primary amides is 1. The first-order chi connectivity index (χ1) is 8.13. The molecule has 2 aliphatic carbocycles. The summed E-state index contributed by atoms with van der Waals surface area (Å²) in [6.07, 6.45) is 16.1. The van der Waals surface area contributed by atoms with E-state index in [1.807, 2.05) is 0 Å². The summed E-state index contributed by atoms with van der Waals surface area (Å²) in [5.74, 6) is -0.214. The van der Waals surface area contributed by atoms with Crippen molar-refractivity contribution >= 4 is 5.91 Å². The minimum Gasteiger partial charge on any atom is -0.370 e. The minimum atomic E-state index is -0.214. The van der Waals surface area contributed by atoms with Crippen molar-refractivity contribution < 1.29 is 4.79 Å². The molecular weight excluding hydrogens is 210 g/mol. The molecule has 2 heteroatoms. The van der Waals surface area contributed by atoms with Gasteiger partial charge in [0.05, 0.1) is 0 Å². The van der Waals surface area contributed by atoms with Crippen LogP contribution in [0, 0.1) is 5.41 Å². The average molecular weight is 229 g/mol. The quantitative estimate of drug-likeness (QED) is 0.773. The molecule has 0 fully saturated rings. The molecule has 0 radical (unpaired) electrons. The van der Waals surface area contributed by atoms with Gasteiger partial charge in [-0.2, -0.15) is 0 Å². The third kappa shape index (κ3) is 2.41. The molecule has 0 bridgehead atoms. The first kappa shape index (κ1) is 11.9. The van der Waals surface area contributed by atoms with E-state index in [1.165, 1.54) is 11.1 Å². The van der Waals surface area contributed by atoms with Crippen LogP contribution in [0.2, 0.25) is 0 Å². The van der Waals surface area contributed by atoms with Crippen LogP contribution in [0.15, 0.2) is 47.6 Å². The van der Waals surface area contributed by atoms with Crippen LogP contribution in [-0.2, 0) is 4.79 Å². The van der Waals surface area contributed by atoms with Gasteiger partial charge in [0.2, 0.25) is 5.91 Å². The van der Waals surface area contributed by atoms with E-state index in [9.17, 15) is 4.79 Å². The highest BCUT2D eigenvalue weighted by atomic mass is 16.1. The number of hydrogen-bond donors (Lipinski definition) is 1. The molecule has 2 nitrogen and oxygen atoms in total. The van der Waals surface area contributed by atoms with Crippen LogP contribution in [-0.4, -0.2) is 5.91 Å². The molecule has 1 amide bonds. The summed E-state index contributed by atoms with van der Waals surface area (Å²) in [5.41, 5.74) is 8.07. The van der Waals surface area contributed by atoms with Crippen LogP contribution in [0.4, 0.5) is 0 Å². The third-order valence-electron chi connectivity index (χ3n) is 3.83. The Balaban J connectivity index is 2.19. The number of rotatable bonds is 5. The lowest BCUT2D eigenvalue weighted by Gasteiger charge is -2.33. The molecule has 2 N–H and O–H groups in total. The highest BCUT2D eigenvalue weighted by Gasteiger charge is 2.33. The third-order valence-corrected chi connectivity index (χ3v) is 3.83. The van der Waals surface area contributed by atoms with Crippen molar-refractivity contribution in [3.63, 3.8) is 0 Å². The van der Waals surface area contributed by atoms with E-state index < -0.39 is 0 Å². The fourth-order valence-corrected chi connectivity index (χ4v) is 2.61. The van der Waals surface area contributed by atoms with E-state index in [1.54, 1.807) is 0 Å². The van der Waals surface area contributed by atoms with Gasteiger partial charge in [-0.3, -0.25) is 4.79 Å². The van der Waals surface area contributed by atoms with Crippen molar-refractivity contribution in [1.29, 1.82) is 0 Å². The molecule has 0 aromatic heterocycles. The molecule has 0 aromatic carbocycles. The number of carbonyl (C=O) groups excluding carboxylic acids is 1. The summed E-state index contributed by atoms with van der Waals surface area (Å²) >= 11 is 0. The van der Waals surface area contributed by atoms with Gasteiger partial charge in [-0.05, 0) is 19.3 Å². The topological polar surface area (TPSA) is 43.1 Å². The molecule has 90 valence electrons. The Kier molecular flexibility index (Phi) is 3.32. The van der Waals surface area contributed by atoms with Gasteiger partial charge in [0.25, 0.3) is 0 Å². The first-order valence-corrected chi connectivity index (χ1v) is 6.13. The average Bonchev–Trinajstić information content (AvgIpc) is 2.97. The molecule has 0 unspecified atom stereocenters. The number of nitrogens with two attached hydrogens (primary N) is 1. The molecule has 0 saturated heterocycles. The minimum absolute atomic E-state index is 0.0119. The predicted octanol–water partition coefficient (Wildman–Crippen LogP) is 3.03. The van der Waals surface area contributed by atoms with Crippen LogP contribution >= 0.6 is 0 Å². The van der Waals surface area contributed by atoms with Gasteiger partial charge < -0.3 is 5.73 Å². The first-order valence-electron chi connectivity index (χ1n) is 6.13. The summed E-state index contributed by atoms with van der Waals surface area (Å²) in [4.78, 5) is 11.0. The van der Waals surface area contributed by atoms with Crippen molar-refractivity contribution in [3.8, 4) is 0 Å². The summed E-state index contributed by atoms with van der Waals surface area (Å²) < 4.78 is 0. The van der Waals surface area contributed by atoms with Gasteiger partial charge in [0.1, 0.15) is 0 Å². The second-order valence-electron chi connectivity index (χ2n) is 4.95. The Labute approximate surface area is 103 Å². The van der Waals surface area contributed by atoms with Crippen molar-refractivity contribution in [2.45, 2.75) is 32.6 Å². The van der Waals surface area contributed by atoms with Crippen molar-refractivity contribution in [2.24, 2.45) is 11.1 Å². The maximum Gasteiger partial charge on any atom is 0.217 e. The molecule has 0 aromatic rings. The zero-order valence-corrected chi connectivity index (χ0v) is 10.3. The molecule has 2 rings (SSSR count). The Bertz CT molecular complexity index is 408. The Morgan fingerprint density at radius 3 is 2.12 bits per heavy atom. The number of carbonyl (C=O) groups is 1. The maximum absolute atomic E-state index is 11.0. The highest BCUT2D eigenvalue weighted by Crippen LogP contribution is 2.45. The predicted molar refractivity (Wildman–Crippen MR) is 70.2 cm³/mol. The Hall–Kier alpha value is -1.57. The van der Waals surface area contributed by atoms with Gasteiger partial charge in [-0.15, -0.1) is 0 Å². The van der Waals surface area contributed by atoms with Crippen LogP contribution in [0.1, 0.15) is 32.6 Å². The number of amides is 1. The van der Waals surface area contributed by atoms with E-state index in [-0.39, 0.29) is 11.3 Å². The zero-order chi connectivity index (χ0) is 12.3. The zero-order valence-electron chi connectivity index (χ0n) is 10.3. The van der Waals surface area contributed by atoms with Crippen molar-refractivity contribution in [2.75, 3.05) is 0 Å². The Morgan fingerprint density at radius 1 is 1.24 bits per heavy atom. The van der Waals surface area contributed by atoms with Crippen LogP contribution in [0.5, 0.6) is 0 Å². The summed E-state index contributed by atoms with van der Waals surface area (Å²) in [6, 6.07) is 0. The Morgan fingerprint density at radius 2 is 1.76 bits per heavy atom. The van der Waals surface area contributed by atoms with Gasteiger partial charge in [-0.25, -0.2) is 0 Å². The molecule has 0 heterocycles. The molecular formula is C15H19NO. The smallest absolute Gasteiger partial charge is 0.217 e. The molecule has 0 aliphatic heterocycles. The fourth-order valence-electron chi connectivity index (χ4n) is 2.61. The summed E-state index contributed by atoms with van der Waals surface area (Å²) in [5, 5.41) is 0. The molecule has 0 atom stereocenters. The van der Waals surface area contributed by atoms with Gasteiger partial charge in [-0.1, -0.05) is 54.5 Å². The second kappa shape index (κ2) is 4.74. The molecule has 0 spiro atoms. The van der Waals surface area contributed by atoms with E-state index in [2.05, 4.69) is 43.4 Å². The molecule has 17 heavy (non-hydrogen) atoms. The lowest BCUT2D eigenvalue weighted by molar-refractivity contribution is -0.118. The van der Waals surface area contributed by atoms with Crippen LogP contribution < -0.4 is 5.73 Å². The normalized spacial score (nSPS) is 18.4. The van der Waals surface area contributed by atoms with E-state index in [4.69, 9.17) is 5.73 Å². The fraction of sp³-hybridized carbons (Fsp3) is 0.400. The monoisotopic (exact) mass is 229 g/mol. The van der Waals surface area contributed by atoms with Crippen LogP contribution in [0.25, 0.3) is 0 Å². The summed E-state index contributed by atoms with van der Waals surface area (Å²) in [7, 11) is 0. The standard InChI is InChI=1S/C15H19NO/c1-15(11-10-14(16)17,12-6-2-3-7-12)13-8-4-5-9-13/h2-6,8H,7,9-11H2,1H3,(H2,16,17). The SMILES string of the molecule is CC(CCC(N)=O)(C1=CC=CC1)C1=CC=CC1. The summed E-state index contributed by atoms with van der Waals surface area (Å²) in [6.45, 7) is 2.23. The van der Waals surface area contributed by atoms with Crippen LogP contribution in [0.3, 0.4) is 0 Å². The molecule has 0 saturated carbocycles. The second-order valence-corrected chi connectivity index (χ2v) is 4.95. The number of allylic oxidation sites excluding steroid dienone is 8. The van der Waals surface area contributed by atoms with Gasteiger partial charge in [0.15, 0.2) is 0 Å². The lowest BCUT2D eigenvalue weighted by Crippen LogP contribution is -2.24.